The Bertz CT molecular complexity index is 479. The lowest BCUT2D eigenvalue weighted by Gasteiger charge is -2.05. The first-order chi connectivity index (χ1) is 7.16. The van der Waals surface area contributed by atoms with Gasteiger partial charge in [0.2, 0.25) is 0 Å². The van der Waals surface area contributed by atoms with Crippen LogP contribution in [0.1, 0.15) is 5.56 Å². The Morgan fingerprint density at radius 2 is 2.07 bits per heavy atom. The predicted octanol–water partition coefficient (Wildman–Crippen LogP) is 2.82. The van der Waals surface area contributed by atoms with E-state index in [1.807, 2.05) is 12.1 Å². The highest BCUT2D eigenvalue weighted by Crippen LogP contribution is 2.25. The number of anilines is 1. The fraction of sp³-hybridized carbons (Fsp3) is 0.100. The molecule has 0 unspecified atom stereocenters. The summed E-state index contributed by atoms with van der Waals surface area (Å²) in [7, 11) is 0. The van der Waals surface area contributed by atoms with Crippen molar-refractivity contribution >= 4 is 29.0 Å². The summed E-state index contributed by atoms with van der Waals surface area (Å²) < 4.78 is 1.72. The van der Waals surface area contributed by atoms with Crippen molar-refractivity contribution in [3.63, 3.8) is 0 Å². The van der Waals surface area contributed by atoms with Gasteiger partial charge >= 0.3 is 0 Å². The second-order valence-electron chi connectivity index (χ2n) is 3.15. The minimum absolute atomic E-state index is 0.494. The lowest BCUT2D eigenvalue weighted by Crippen LogP contribution is -2.01. The molecule has 0 atom stereocenters. The van der Waals surface area contributed by atoms with Crippen molar-refractivity contribution < 1.29 is 0 Å². The molecule has 3 nitrogen and oxygen atoms in total. The lowest BCUT2D eigenvalue weighted by molar-refractivity contribution is 0.690. The van der Waals surface area contributed by atoms with Crippen LogP contribution in [0.25, 0.3) is 0 Å². The summed E-state index contributed by atoms with van der Waals surface area (Å²) in [6.07, 6.45) is 1.80. The first-order valence-corrected chi connectivity index (χ1v) is 5.14. The molecular weight excluding hydrogens is 233 g/mol. The molecule has 2 aromatic rings. The lowest BCUT2D eigenvalue weighted by atomic mass is 10.2. The minimum atomic E-state index is 0.494. The fourth-order valence-corrected chi connectivity index (χ4v) is 1.69. The molecule has 78 valence electrons. The number of halogens is 2. The van der Waals surface area contributed by atoms with Gasteiger partial charge in [-0.2, -0.15) is 5.10 Å². The SMILES string of the molecule is Nc1ccn(Cc2cccc(Cl)c2Cl)n1. The standard InChI is InChI=1S/C10H9Cl2N3/c11-8-3-1-2-7(10(8)12)6-15-5-4-9(13)14-15/h1-5H,6H2,(H2,13,14). The van der Waals surface area contributed by atoms with E-state index in [1.54, 1.807) is 23.0 Å². The van der Waals surface area contributed by atoms with Crippen LogP contribution in [-0.2, 0) is 6.54 Å². The van der Waals surface area contributed by atoms with Gasteiger partial charge in [0.25, 0.3) is 0 Å². The molecular formula is C10H9Cl2N3. The van der Waals surface area contributed by atoms with E-state index in [-0.39, 0.29) is 0 Å². The highest BCUT2D eigenvalue weighted by molar-refractivity contribution is 6.42. The van der Waals surface area contributed by atoms with Crippen LogP contribution >= 0.6 is 23.2 Å². The number of nitrogens with zero attached hydrogens (tertiary/aromatic N) is 2. The molecule has 1 heterocycles. The maximum Gasteiger partial charge on any atom is 0.145 e. The van der Waals surface area contributed by atoms with E-state index in [4.69, 9.17) is 28.9 Å². The first kappa shape index (κ1) is 10.3. The summed E-state index contributed by atoms with van der Waals surface area (Å²) in [6, 6.07) is 7.26. The Labute approximate surface area is 97.4 Å². The van der Waals surface area contributed by atoms with E-state index in [0.717, 1.165) is 5.56 Å². The zero-order chi connectivity index (χ0) is 10.8. The second kappa shape index (κ2) is 4.13. The van der Waals surface area contributed by atoms with Crippen LogP contribution in [-0.4, -0.2) is 9.78 Å². The Morgan fingerprint density at radius 1 is 1.27 bits per heavy atom. The van der Waals surface area contributed by atoms with Crippen molar-refractivity contribution in [2.24, 2.45) is 0 Å². The van der Waals surface area contributed by atoms with Gasteiger partial charge in [-0.05, 0) is 17.7 Å². The number of benzene rings is 1. The van der Waals surface area contributed by atoms with E-state index in [2.05, 4.69) is 5.10 Å². The Kier molecular flexibility index (Phi) is 2.84. The van der Waals surface area contributed by atoms with E-state index < -0.39 is 0 Å². The largest absolute Gasteiger partial charge is 0.382 e. The summed E-state index contributed by atoms with van der Waals surface area (Å²) in [5.74, 6) is 0.494. The molecule has 1 aromatic carbocycles. The zero-order valence-corrected chi connectivity index (χ0v) is 9.33. The van der Waals surface area contributed by atoms with Crippen LogP contribution in [0.3, 0.4) is 0 Å². The van der Waals surface area contributed by atoms with Crippen LogP contribution in [0.5, 0.6) is 0 Å². The van der Waals surface area contributed by atoms with Crippen molar-refractivity contribution in [2.75, 3.05) is 5.73 Å². The molecule has 0 bridgehead atoms. The molecule has 0 aliphatic heterocycles. The third kappa shape index (κ3) is 2.25. The van der Waals surface area contributed by atoms with Crippen LogP contribution < -0.4 is 5.73 Å². The average Bonchev–Trinajstić information content (AvgIpc) is 2.59. The van der Waals surface area contributed by atoms with Crippen LogP contribution in [0, 0.1) is 0 Å². The van der Waals surface area contributed by atoms with Gasteiger partial charge < -0.3 is 5.73 Å². The fourth-order valence-electron chi connectivity index (χ4n) is 1.31. The number of hydrogen-bond donors (Lipinski definition) is 1. The summed E-state index contributed by atoms with van der Waals surface area (Å²) >= 11 is 11.9. The van der Waals surface area contributed by atoms with E-state index in [0.29, 0.717) is 22.4 Å². The van der Waals surface area contributed by atoms with E-state index >= 15 is 0 Å². The molecule has 0 amide bonds. The molecule has 0 saturated heterocycles. The van der Waals surface area contributed by atoms with Gasteiger partial charge in [-0.25, -0.2) is 0 Å². The van der Waals surface area contributed by atoms with Crippen molar-refractivity contribution in [2.45, 2.75) is 6.54 Å². The first-order valence-electron chi connectivity index (χ1n) is 4.38. The summed E-state index contributed by atoms with van der Waals surface area (Å²) in [5.41, 5.74) is 6.43. The quantitative estimate of drug-likeness (QED) is 0.879. The molecule has 0 aliphatic rings. The Hall–Kier alpha value is -1.19. The van der Waals surface area contributed by atoms with Crippen molar-refractivity contribution in [1.29, 1.82) is 0 Å². The van der Waals surface area contributed by atoms with Gasteiger partial charge in [0.15, 0.2) is 0 Å². The zero-order valence-electron chi connectivity index (χ0n) is 7.82. The molecule has 0 radical (unpaired) electrons. The molecule has 1 aromatic heterocycles. The Balaban J connectivity index is 2.28. The normalized spacial score (nSPS) is 10.5. The highest BCUT2D eigenvalue weighted by atomic mass is 35.5. The molecule has 2 N–H and O–H groups in total. The molecule has 0 aliphatic carbocycles. The smallest absolute Gasteiger partial charge is 0.145 e. The predicted molar refractivity (Wildman–Crippen MR) is 62.2 cm³/mol. The maximum atomic E-state index is 6.05. The van der Waals surface area contributed by atoms with Gasteiger partial charge in [-0.1, -0.05) is 35.3 Å². The van der Waals surface area contributed by atoms with Crippen LogP contribution in [0.4, 0.5) is 5.82 Å². The summed E-state index contributed by atoms with van der Waals surface area (Å²) in [6.45, 7) is 0.566. The molecule has 5 heteroatoms. The molecule has 0 fully saturated rings. The molecule has 15 heavy (non-hydrogen) atoms. The summed E-state index contributed by atoms with van der Waals surface area (Å²) in [4.78, 5) is 0. The van der Waals surface area contributed by atoms with Crippen molar-refractivity contribution in [1.82, 2.24) is 9.78 Å². The number of hydrogen-bond acceptors (Lipinski definition) is 2. The second-order valence-corrected chi connectivity index (χ2v) is 3.94. The number of nitrogens with two attached hydrogens (primary N) is 1. The van der Waals surface area contributed by atoms with Gasteiger partial charge in [0.05, 0.1) is 16.6 Å². The summed E-state index contributed by atoms with van der Waals surface area (Å²) in [5, 5.41) is 5.18. The molecule has 0 spiro atoms. The van der Waals surface area contributed by atoms with Gasteiger partial charge in [-0.3, -0.25) is 4.68 Å². The number of aromatic nitrogens is 2. The topological polar surface area (TPSA) is 43.8 Å². The van der Waals surface area contributed by atoms with Crippen molar-refractivity contribution in [3.05, 3.63) is 46.1 Å². The third-order valence-electron chi connectivity index (χ3n) is 2.03. The average molecular weight is 242 g/mol. The van der Waals surface area contributed by atoms with Crippen molar-refractivity contribution in [3.8, 4) is 0 Å². The number of rotatable bonds is 2. The van der Waals surface area contributed by atoms with Crippen LogP contribution in [0.15, 0.2) is 30.5 Å². The van der Waals surface area contributed by atoms with Gasteiger partial charge in [0.1, 0.15) is 5.82 Å². The Morgan fingerprint density at radius 3 is 2.73 bits per heavy atom. The highest BCUT2D eigenvalue weighted by Gasteiger charge is 2.05. The van der Waals surface area contributed by atoms with E-state index in [1.165, 1.54) is 0 Å². The van der Waals surface area contributed by atoms with Gasteiger partial charge in [0, 0.05) is 6.20 Å². The molecule has 0 saturated carbocycles. The minimum Gasteiger partial charge on any atom is -0.382 e. The van der Waals surface area contributed by atoms with Crippen LogP contribution in [0.2, 0.25) is 10.0 Å². The van der Waals surface area contributed by atoms with Gasteiger partial charge in [-0.15, -0.1) is 0 Å². The molecule has 2 rings (SSSR count). The monoisotopic (exact) mass is 241 g/mol. The third-order valence-corrected chi connectivity index (χ3v) is 2.88. The van der Waals surface area contributed by atoms with E-state index in [9.17, 15) is 0 Å². The maximum absolute atomic E-state index is 6.05. The number of nitrogen functional groups attached to an aromatic ring is 1.